The van der Waals surface area contributed by atoms with Gasteiger partial charge in [-0.05, 0) is 38.3 Å². The number of nitrogens with two attached hydrogens (primary N) is 1. The Balaban J connectivity index is 1.88. The van der Waals surface area contributed by atoms with Crippen LogP contribution < -0.4 is 5.73 Å². The largest absolute Gasteiger partial charge is 0.369 e. The second-order valence-electron chi connectivity index (χ2n) is 5.29. The van der Waals surface area contributed by atoms with Crippen LogP contribution in [0.2, 0.25) is 0 Å². The molecule has 3 heterocycles. The van der Waals surface area contributed by atoms with Gasteiger partial charge in [-0.1, -0.05) is 0 Å². The van der Waals surface area contributed by atoms with Crippen molar-refractivity contribution in [3.63, 3.8) is 0 Å². The molecule has 0 radical (unpaired) electrons. The number of pyridine rings is 1. The van der Waals surface area contributed by atoms with Crippen molar-refractivity contribution in [2.45, 2.75) is 32.7 Å². The number of amides is 1. The third-order valence-corrected chi connectivity index (χ3v) is 3.76. The van der Waals surface area contributed by atoms with Crippen molar-refractivity contribution >= 4 is 23.0 Å². The van der Waals surface area contributed by atoms with Crippen LogP contribution in [0.1, 0.15) is 25.0 Å². The average Bonchev–Trinajstić information content (AvgIpc) is 2.76. The number of hydrogen-bond donors (Lipinski definition) is 1. The van der Waals surface area contributed by atoms with Gasteiger partial charge >= 0.3 is 0 Å². The predicted molar refractivity (Wildman–Crippen MR) is 77.1 cm³/mol. The molecule has 0 atom stereocenters. The number of anilines is 1. The molecule has 2 N–H and O–H groups in total. The molecule has 3 rings (SSSR count). The van der Waals surface area contributed by atoms with Crippen LogP contribution in [-0.4, -0.2) is 38.4 Å². The zero-order chi connectivity index (χ0) is 14.1. The van der Waals surface area contributed by atoms with Crippen LogP contribution >= 0.6 is 0 Å². The number of hydrogen-bond acceptors (Lipinski definition) is 4. The molecule has 1 aliphatic heterocycles. The molecular weight excluding hydrogens is 254 g/mol. The van der Waals surface area contributed by atoms with Crippen LogP contribution in [0.15, 0.2) is 12.1 Å². The minimum atomic E-state index is 0.0963. The topological polar surface area (TPSA) is 77.0 Å². The van der Waals surface area contributed by atoms with Gasteiger partial charge in [0, 0.05) is 18.8 Å². The standard InChI is InChI=1S/C14H19N5O/c1-10-5-6-11-13(16-10)19(14(15)17-11)9-12(20)18-7-3-2-4-8-18/h5-6H,2-4,7-9H2,1H3,(H2,15,17). The smallest absolute Gasteiger partial charge is 0.242 e. The number of nitrogens with zero attached hydrogens (tertiary/aromatic N) is 4. The lowest BCUT2D eigenvalue weighted by atomic mass is 10.1. The third-order valence-electron chi connectivity index (χ3n) is 3.76. The van der Waals surface area contributed by atoms with Gasteiger partial charge in [0.25, 0.3) is 0 Å². The molecule has 6 heteroatoms. The molecule has 1 saturated heterocycles. The summed E-state index contributed by atoms with van der Waals surface area (Å²) in [7, 11) is 0. The molecule has 0 unspecified atom stereocenters. The van der Waals surface area contributed by atoms with Crippen molar-refractivity contribution in [2.75, 3.05) is 18.8 Å². The molecule has 1 amide bonds. The molecule has 0 aliphatic carbocycles. The Morgan fingerprint density at radius 1 is 1.25 bits per heavy atom. The number of carbonyl (C=O) groups is 1. The lowest BCUT2D eigenvalue weighted by molar-refractivity contribution is -0.132. The van der Waals surface area contributed by atoms with Crippen molar-refractivity contribution < 1.29 is 4.79 Å². The summed E-state index contributed by atoms with van der Waals surface area (Å²) in [6.07, 6.45) is 3.38. The maximum atomic E-state index is 12.3. The first-order chi connectivity index (χ1) is 9.65. The zero-order valence-electron chi connectivity index (χ0n) is 11.7. The summed E-state index contributed by atoms with van der Waals surface area (Å²) >= 11 is 0. The van der Waals surface area contributed by atoms with Crippen LogP contribution in [0.4, 0.5) is 5.95 Å². The average molecular weight is 273 g/mol. The van der Waals surface area contributed by atoms with E-state index in [0.29, 0.717) is 11.6 Å². The molecule has 2 aromatic rings. The first-order valence-electron chi connectivity index (χ1n) is 7.02. The molecule has 20 heavy (non-hydrogen) atoms. The van der Waals surface area contributed by atoms with Crippen LogP contribution in [0.5, 0.6) is 0 Å². The summed E-state index contributed by atoms with van der Waals surface area (Å²) in [5.41, 5.74) is 8.24. The first-order valence-corrected chi connectivity index (χ1v) is 7.02. The number of carbonyl (C=O) groups excluding carboxylic acids is 1. The molecule has 0 saturated carbocycles. The van der Waals surface area contributed by atoms with E-state index in [4.69, 9.17) is 5.73 Å². The SMILES string of the molecule is Cc1ccc2nc(N)n(CC(=O)N3CCCCC3)c2n1. The summed E-state index contributed by atoms with van der Waals surface area (Å²) < 4.78 is 1.71. The second kappa shape index (κ2) is 5.11. The predicted octanol–water partition coefficient (Wildman–Crippen LogP) is 1.33. The van der Waals surface area contributed by atoms with Crippen molar-refractivity contribution in [1.29, 1.82) is 0 Å². The van der Waals surface area contributed by atoms with E-state index in [1.54, 1.807) is 4.57 Å². The van der Waals surface area contributed by atoms with E-state index < -0.39 is 0 Å². The number of aromatic nitrogens is 3. The number of aryl methyl sites for hydroxylation is 1. The summed E-state index contributed by atoms with van der Waals surface area (Å²) in [5.74, 6) is 0.447. The number of fused-ring (bicyclic) bond motifs is 1. The zero-order valence-corrected chi connectivity index (χ0v) is 11.7. The lowest BCUT2D eigenvalue weighted by Crippen LogP contribution is -2.38. The molecule has 0 bridgehead atoms. The Kier molecular flexibility index (Phi) is 3.30. The van der Waals surface area contributed by atoms with Crippen molar-refractivity contribution in [1.82, 2.24) is 19.4 Å². The van der Waals surface area contributed by atoms with Gasteiger partial charge in [-0.2, -0.15) is 0 Å². The van der Waals surface area contributed by atoms with Crippen LogP contribution in [0.25, 0.3) is 11.2 Å². The van der Waals surface area contributed by atoms with Gasteiger partial charge in [-0.25, -0.2) is 9.97 Å². The van der Waals surface area contributed by atoms with Gasteiger partial charge in [-0.15, -0.1) is 0 Å². The van der Waals surface area contributed by atoms with Crippen LogP contribution in [-0.2, 0) is 11.3 Å². The van der Waals surface area contributed by atoms with Gasteiger partial charge in [0.1, 0.15) is 12.1 Å². The fraction of sp³-hybridized carbons (Fsp3) is 0.500. The maximum Gasteiger partial charge on any atom is 0.242 e. The van der Waals surface area contributed by atoms with Crippen LogP contribution in [0.3, 0.4) is 0 Å². The number of likely N-dealkylation sites (tertiary alicyclic amines) is 1. The fourth-order valence-corrected chi connectivity index (χ4v) is 2.65. The Labute approximate surface area is 117 Å². The van der Waals surface area contributed by atoms with E-state index in [-0.39, 0.29) is 12.5 Å². The van der Waals surface area contributed by atoms with Crippen molar-refractivity contribution in [2.24, 2.45) is 0 Å². The van der Waals surface area contributed by atoms with Crippen LogP contribution in [0, 0.1) is 6.92 Å². The molecule has 6 nitrogen and oxygen atoms in total. The Morgan fingerprint density at radius 3 is 2.75 bits per heavy atom. The summed E-state index contributed by atoms with van der Waals surface area (Å²) in [6.45, 7) is 3.83. The Hall–Kier alpha value is -2.11. The van der Waals surface area contributed by atoms with Gasteiger partial charge < -0.3 is 10.6 Å². The molecule has 1 fully saturated rings. The molecular formula is C14H19N5O. The van der Waals surface area contributed by atoms with Crippen molar-refractivity contribution in [3.05, 3.63) is 17.8 Å². The van der Waals surface area contributed by atoms with E-state index in [0.717, 1.165) is 37.1 Å². The normalized spacial score (nSPS) is 15.8. The number of rotatable bonds is 2. The minimum absolute atomic E-state index is 0.0963. The van der Waals surface area contributed by atoms with E-state index in [9.17, 15) is 4.79 Å². The summed E-state index contributed by atoms with van der Waals surface area (Å²) in [5, 5.41) is 0. The monoisotopic (exact) mass is 273 g/mol. The quantitative estimate of drug-likeness (QED) is 0.895. The van der Waals surface area contributed by atoms with Gasteiger partial charge in [0.2, 0.25) is 11.9 Å². The van der Waals surface area contributed by atoms with Gasteiger partial charge in [0.05, 0.1) is 0 Å². The van der Waals surface area contributed by atoms with Gasteiger partial charge in [-0.3, -0.25) is 9.36 Å². The molecule has 0 spiro atoms. The number of piperidine rings is 1. The fourth-order valence-electron chi connectivity index (χ4n) is 2.65. The second-order valence-corrected chi connectivity index (χ2v) is 5.29. The molecule has 106 valence electrons. The maximum absolute atomic E-state index is 12.3. The van der Waals surface area contributed by atoms with Crippen molar-refractivity contribution in [3.8, 4) is 0 Å². The Bertz CT molecular complexity index is 642. The highest BCUT2D eigenvalue weighted by Crippen LogP contribution is 2.17. The highest BCUT2D eigenvalue weighted by molar-refractivity contribution is 5.81. The molecule has 1 aliphatic rings. The summed E-state index contributed by atoms with van der Waals surface area (Å²) in [4.78, 5) is 23.0. The first kappa shape index (κ1) is 12.9. The Morgan fingerprint density at radius 2 is 2.00 bits per heavy atom. The van der Waals surface area contributed by atoms with E-state index >= 15 is 0 Å². The lowest BCUT2D eigenvalue weighted by Gasteiger charge is -2.26. The van der Waals surface area contributed by atoms with E-state index in [1.165, 1.54) is 6.42 Å². The minimum Gasteiger partial charge on any atom is -0.369 e. The highest BCUT2D eigenvalue weighted by atomic mass is 16.2. The molecule has 0 aromatic carbocycles. The van der Waals surface area contributed by atoms with Gasteiger partial charge in [0.15, 0.2) is 5.65 Å². The highest BCUT2D eigenvalue weighted by Gasteiger charge is 2.19. The third kappa shape index (κ3) is 2.33. The molecule has 2 aromatic heterocycles. The van der Waals surface area contributed by atoms with E-state index in [2.05, 4.69) is 9.97 Å². The van der Waals surface area contributed by atoms with E-state index in [1.807, 2.05) is 24.0 Å². The number of imidazole rings is 1. The summed E-state index contributed by atoms with van der Waals surface area (Å²) in [6, 6.07) is 3.78. The number of nitrogen functional groups attached to an aromatic ring is 1.